The van der Waals surface area contributed by atoms with Crippen molar-refractivity contribution in [3.8, 4) is 0 Å². The van der Waals surface area contributed by atoms with Gasteiger partial charge >= 0.3 is 0 Å². The molecule has 0 aliphatic carbocycles. The molecule has 0 bridgehead atoms. The smallest absolute Gasteiger partial charge is 0.0456 e. The zero-order valence-corrected chi connectivity index (χ0v) is 5.43. The van der Waals surface area contributed by atoms with Gasteiger partial charge in [0.05, 0.1) is 0 Å². The summed E-state index contributed by atoms with van der Waals surface area (Å²) in [5.74, 6) is 0.429. The Bertz CT molecular complexity index is 47.8. The minimum atomic E-state index is 0.292. The molecule has 0 saturated heterocycles. The molecule has 0 aliphatic rings. The lowest BCUT2D eigenvalue weighted by Gasteiger charge is -2.03. The lowest BCUT2D eigenvalue weighted by atomic mass is 10.1. The van der Waals surface area contributed by atoms with Crippen LogP contribution < -0.4 is 5.73 Å². The molecule has 0 aromatic rings. The maximum Gasteiger partial charge on any atom is 0.0456 e. The molecule has 50 valence electrons. The van der Waals surface area contributed by atoms with Gasteiger partial charge in [-0.25, -0.2) is 0 Å². The number of rotatable bonds is 4. The Morgan fingerprint density at radius 3 is 2.62 bits per heavy atom. The molecule has 1 unspecified atom stereocenters. The van der Waals surface area contributed by atoms with E-state index in [9.17, 15) is 0 Å². The third kappa shape index (κ3) is 4.09. The summed E-state index contributed by atoms with van der Waals surface area (Å²) >= 11 is 0. The second-order valence-corrected chi connectivity index (χ2v) is 2.22. The number of hydrogen-bond acceptors (Lipinski definition) is 2. The minimum absolute atomic E-state index is 0.292. The Balaban J connectivity index is 2.86. The van der Waals surface area contributed by atoms with Crippen LogP contribution in [0.1, 0.15) is 19.8 Å². The van der Waals surface area contributed by atoms with Gasteiger partial charge in [-0.05, 0) is 25.3 Å². The van der Waals surface area contributed by atoms with Crippen LogP contribution in [0.4, 0.5) is 0 Å². The van der Waals surface area contributed by atoms with Gasteiger partial charge in [0.25, 0.3) is 0 Å². The van der Waals surface area contributed by atoms with Gasteiger partial charge in [-0.1, -0.05) is 6.92 Å². The van der Waals surface area contributed by atoms with Gasteiger partial charge in [-0.15, -0.1) is 0 Å². The number of aliphatic hydroxyl groups is 1. The van der Waals surface area contributed by atoms with E-state index in [1.807, 2.05) is 6.92 Å². The predicted molar refractivity (Wildman–Crippen MR) is 34.5 cm³/mol. The first kappa shape index (κ1) is 7.92. The van der Waals surface area contributed by atoms with Crippen molar-refractivity contribution in [3.63, 3.8) is 0 Å². The molecule has 8 heavy (non-hydrogen) atoms. The number of aliphatic hydroxyl groups excluding tert-OH is 1. The summed E-state index contributed by atoms with van der Waals surface area (Å²) < 4.78 is 0. The number of hydrogen-bond donors (Lipinski definition) is 2. The fraction of sp³-hybridized carbons (Fsp3) is 1.00. The van der Waals surface area contributed by atoms with Gasteiger partial charge < -0.3 is 10.8 Å². The summed E-state index contributed by atoms with van der Waals surface area (Å²) in [6, 6.07) is 0. The van der Waals surface area contributed by atoms with Gasteiger partial charge in [0.15, 0.2) is 0 Å². The van der Waals surface area contributed by atoms with Crippen LogP contribution in [0.5, 0.6) is 0 Å². The van der Waals surface area contributed by atoms with Crippen molar-refractivity contribution in [3.05, 3.63) is 0 Å². The van der Waals surface area contributed by atoms with Crippen molar-refractivity contribution >= 4 is 0 Å². The normalized spacial score (nSPS) is 13.9. The molecule has 2 nitrogen and oxygen atoms in total. The van der Waals surface area contributed by atoms with E-state index >= 15 is 0 Å². The van der Waals surface area contributed by atoms with Crippen molar-refractivity contribution < 1.29 is 5.11 Å². The van der Waals surface area contributed by atoms with Crippen LogP contribution in [-0.4, -0.2) is 18.3 Å². The highest BCUT2D eigenvalue weighted by Gasteiger charge is 1.96. The van der Waals surface area contributed by atoms with E-state index in [4.69, 9.17) is 10.8 Å². The van der Waals surface area contributed by atoms with Crippen molar-refractivity contribution in [2.45, 2.75) is 19.8 Å². The molecule has 0 rings (SSSR count). The second kappa shape index (κ2) is 5.06. The summed E-state index contributed by atoms with van der Waals surface area (Å²) in [4.78, 5) is 0. The van der Waals surface area contributed by atoms with Crippen molar-refractivity contribution in [1.29, 1.82) is 0 Å². The highest BCUT2D eigenvalue weighted by molar-refractivity contribution is 4.49. The van der Waals surface area contributed by atoms with Gasteiger partial charge in [-0.3, -0.25) is 0 Å². The zero-order chi connectivity index (χ0) is 6.41. The van der Waals surface area contributed by atoms with Crippen molar-refractivity contribution in [1.82, 2.24) is 0 Å². The van der Waals surface area contributed by atoms with Crippen LogP contribution in [-0.2, 0) is 0 Å². The second-order valence-electron chi connectivity index (χ2n) is 2.22. The molecule has 0 spiro atoms. The standard InChI is InChI=1S/C6H15NO/c1-6(5-8)3-2-4-7/h6,8H,2-5,7H2,1H3. The average Bonchev–Trinajstić information content (AvgIpc) is 1.83. The third-order valence-electron chi connectivity index (χ3n) is 1.21. The number of nitrogens with two attached hydrogens (primary N) is 1. The molecule has 0 fully saturated rings. The summed E-state index contributed by atoms with van der Waals surface area (Å²) in [7, 11) is 0. The van der Waals surface area contributed by atoms with E-state index in [0.717, 1.165) is 19.4 Å². The van der Waals surface area contributed by atoms with Crippen LogP contribution in [0.25, 0.3) is 0 Å². The molecule has 0 aliphatic heterocycles. The third-order valence-corrected chi connectivity index (χ3v) is 1.21. The lowest BCUT2D eigenvalue weighted by Crippen LogP contribution is -2.05. The van der Waals surface area contributed by atoms with E-state index in [2.05, 4.69) is 0 Å². The molecule has 0 aromatic heterocycles. The Kier molecular flexibility index (Phi) is 5.01. The maximum atomic E-state index is 8.52. The molecular formula is C6H15NO. The van der Waals surface area contributed by atoms with Crippen molar-refractivity contribution in [2.75, 3.05) is 13.2 Å². The van der Waals surface area contributed by atoms with Gasteiger partial charge in [-0.2, -0.15) is 0 Å². The van der Waals surface area contributed by atoms with Gasteiger partial charge in [0, 0.05) is 6.61 Å². The van der Waals surface area contributed by atoms with Crippen LogP contribution in [0, 0.1) is 5.92 Å². The van der Waals surface area contributed by atoms with E-state index in [1.54, 1.807) is 0 Å². The molecule has 0 heterocycles. The first-order valence-corrected chi connectivity index (χ1v) is 3.12. The van der Waals surface area contributed by atoms with Gasteiger partial charge in [0.1, 0.15) is 0 Å². The van der Waals surface area contributed by atoms with E-state index in [-0.39, 0.29) is 0 Å². The van der Waals surface area contributed by atoms with Gasteiger partial charge in [0.2, 0.25) is 0 Å². The Morgan fingerprint density at radius 1 is 1.62 bits per heavy atom. The minimum Gasteiger partial charge on any atom is -0.396 e. The fourth-order valence-electron chi connectivity index (χ4n) is 0.558. The highest BCUT2D eigenvalue weighted by Crippen LogP contribution is 2.01. The molecular weight excluding hydrogens is 102 g/mol. The van der Waals surface area contributed by atoms with E-state index in [0.29, 0.717) is 12.5 Å². The fourth-order valence-corrected chi connectivity index (χ4v) is 0.558. The summed E-state index contributed by atoms with van der Waals surface area (Å²) in [5, 5.41) is 8.52. The lowest BCUT2D eigenvalue weighted by molar-refractivity contribution is 0.229. The Morgan fingerprint density at radius 2 is 2.25 bits per heavy atom. The largest absolute Gasteiger partial charge is 0.396 e. The average molecular weight is 117 g/mol. The quantitative estimate of drug-likeness (QED) is 0.558. The molecule has 3 N–H and O–H groups in total. The summed E-state index contributed by atoms with van der Waals surface area (Å²) in [6.45, 7) is 3.06. The van der Waals surface area contributed by atoms with Crippen LogP contribution >= 0.6 is 0 Å². The van der Waals surface area contributed by atoms with E-state index in [1.165, 1.54) is 0 Å². The molecule has 0 aromatic carbocycles. The van der Waals surface area contributed by atoms with Crippen LogP contribution in [0.2, 0.25) is 0 Å². The topological polar surface area (TPSA) is 46.2 Å². The monoisotopic (exact) mass is 117 g/mol. The molecule has 0 saturated carbocycles. The van der Waals surface area contributed by atoms with E-state index < -0.39 is 0 Å². The predicted octanol–water partition coefficient (Wildman–Crippen LogP) is 0.354. The molecule has 0 radical (unpaired) electrons. The Labute approximate surface area is 50.7 Å². The Hall–Kier alpha value is -0.0800. The first-order valence-electron chi connectivity index (χ1n) is 3.12. The zero-order valence-electron chi connectivity index (χ0n) is 5.43. The SMILES string of the molecule is CC(CO)CCCN. The first-order chi connectivity index (χ1) is 3.81. The van der Waals surface area contributed by atoms with Crippen LogP contribution in [0.3, 0.4) is 0 Å². The summed E-state index contributed by atoms with van der Waals surface area (Å²) in [5.41, 5.74) is 5.25. The molecule has 0 amide bonds. The molecule has 2 heteroatoms. The van der Waals surface area contributed by atoms with Crippen LogP contribution in [0.15, 0.2) is 0 Å². The highest BCUT2D eigenvalue weighted by atomic mass is 16.3. The van der Waals surface area contributed by atoms with Crippen molar-refractivity contribution in [2.24, 2.45) is 11.7 Å². The molecule has 1 atom stereocenters. The summed E-state index contributed by atoms with van der Waals surface area (Å²) in [6.07, 6.45) is 2.08. The maximum absolute atomic E-state index is 8.52.